The van der Waals surface area contributed by atoms with Crippen LogP contribution in [0.25, 0.3) is 6.08 Å². The summed E-state index contributed by atoms with van der Waals surface area (Å²) < 4.78 is 0.521. The van der Waals surface area contributed by atoms with Crippen LogP contribution in [0.4, 0.5) is 5.69 Å². The average molecular weight is 431 g/mol. The van der Waals surface area contributed by atoms with Crippen LogP contribution in [0.1, 0.15) is 35.0 Å². The molecule has 0 atom stereocenters. The molecule has 1 N–H and O–H groups in total. The van der Waals surface area contributed by atoms with Crippen LogP contribution in [0.3, 0.4) is 0 Å². The zero-order valence-corrected chi connectivity index (χ0v) is 17.6. The van der Waals surface area contributed by atoms with Crippen molar-refractivity contribution in [2.24, 2.45) is 0 Å². The molecule has 1 fully saturated rings. The second kappa shape index (κ2) is 9.27. The fraction of sp³-hybridized carbons (Fsp3) is 0.200. The fourth-order valence-electron chi connectivity index (χ4n) is 2.60. The molecule has 2 heterocycles. The number of thiocarbonyl (C=S) groups is 1. The SMILES string of the molecule is CC(=O)c1ccc(NC(=O)CCCN2C(=O)/C(=C/c3cccs3)SC2=S)cc1. The highest BCUT2D eigenvalue weighted by Gasteiger charge is 2.31. The highest BCUT2D eigenvalue weighted by molar-refractivity contribution is 8.26. The third-order valence-corrected chi connectivity index (χ3v) is 6.25. The number of thioether (sulfide) groups is 1. The van der Waals surface area contributed by atoms with Crippen molar-refractivity contribution in [1.82, 2.24) is 4.90 Å². The largest absolute Gasteiger partial charge is 0.326 e. The van der Waals surface area contributed by atoms with Gasteiger partial charge in [0.05, 0.1) is 4.91 Å². The van der Waals surface area contributed by atoms with Gasteiger partial charge in [0, 0.05) is 29.1 Å². The minimum atomic E-state index is -0.143. The summed E-state index contributed by atoms with van der Waals surface area (Å²) in [6.45, 7) is 1.90. The van der Waals surface area contributed by atoms with Crippen molar-refractivity contribution < 1.29 is 14.4 Å². The Balaban J connectivity index is 1.49. The Morgan fingerprint density at radius 2 is 1.96 bits per heavy atom. The number of anilines is 1. The lowest BCUT2D eigenvalue weighted by molar-refractivity contribution is -0.122. The van der Waals surface area contributed by atoms with Crippen LogP contribution in [0.15, 0.2) is 46.7 Å². The Kier molecular flexibility index (Phi) is 6.77. The number of amides is 2. The maximum atomic E-state index is 12.5. The molecule has 0 unspecified atom stereocenters. The van der Waals surface area contributed by atoms with Gasteiger partial charge in [0.25, 0.3) is 5.91 Å². The molecule has 0 saturated carbocycles. The number of benzene rings is 1. The van der Waals surface area contributed by atoms with Crippen LogP contribution in [0.5, 0.6) is 0 Å². The van der Waals surface area contributed by atoms with E-state index < -0.39 is 0 Å². The third kappa shape index (κ3) is 5.15. The first-order valence-electron chi connectivity index (χ1n) is 8.64. The molecule has 0 bridgehead atoms. The molecule has 28 heavy (non-hydrogen) atoms. The van der Waals surface area contributed by atoms with Crippen LogP contribution >= 0.6 is 35.3 Å². The van der Waals surface area contributed by atoms with Crippen LogP contribution in [0, 0.1) is 0 Å². The smallest absolute Gasteiger partial charge is 0.266 e. The van der Waals surface area contributed by atoms with E-state index in [-0.39, 0.29) is 24.0 Å². The summed E-state index contributed by atoms with van der Waals surface area (Å²) in [5, 5.41) is 4.75. The van der Waals surface area contributed by atoms with E-state index in [0.717, 1.165) is 4.88 Å². The van der Waals surface area contributed by atoms with E-state index in [4.69, 9.17) is 12.2 Å². The number of carbonyl (C=O) groups is 3. The molecule has 3 rings (SSSR count). The summed E-state index contributed by atoms with van der Waals surface area (Å²) in [4.78, 5) is 39.1. The molecule has 1 aliphatic heterocycles. The molecule has 1 aliphatic rings. The number of nitrogens with one attached hydrogen (secondary N) is 1. The quantitative estimate of drug-likeness (QED) is 0.396. The standard InChI is InChI=1S/C20H18N2O3S3/c1-13(23)14-6-8-15(9-7-14)21-18(24)5-2-10-22-19(25)17(28-20(22)26)12-16-4-3-11-27-16/h3-4,6-9,11-12H,2,5,10H2,1H3,(H,21,24)/b17-12-. The summed E-state index contributed by atoms with van der Waals surface area (Å²) in [6.07, 6.45) is 2.63. The van der Waals surface area contributed by atoms with E-state index in [1.807, 2.05) is 23.6 Å². The molecule has 0 radical (unpaired) electrons. The average Bonchev–Trinajstić information content (AvgIpc) is 3.26. The lowest BCUT2D eigenvalue weighted by atomic mass is 10.1. The maximum Gasteiger partial charge on any atom is 0.266 e. The Morgan fingerprint density at radius 1 is 1.21 bits per heavy atom. The molecule has 8 heteroatoms. The van der Waals surface area contributed by atoms with E-state index >= 15 is 0 Å². The number of carbonyl (C=O) groups excluding carboxylic acids is 3. The summed E-state index contributed by atoms with van der Waals surface area (Å²) in [5.41, 5.74) is 1.24. The third-order valence-electron chi connectivity index (χ3n) is 4.05. The number of hydrogen-bond acceptors (Lipinski definition) is 6. The summed E-state index contributed by atoms with van der Waals surface area (Å²) in [6, 6.07) is 10.6. The van der Waals surface area contributed by atoms with Crippen LogP contribution in [-0.2, 0) is 9.59 Å². The van der Waals surface area contributed by atoms with E-state index in [2.05, 4.69) is 5.32 Å². The number of hydrogen-bond donors (Lipinski definition) is 1. The molecule has 0 aliphatic carbocycles. The van der Waals surface area contributed by atoms with Gasteiger partial charge < -0.3 is 5.32 Å². The molecule has 144 valence electrons. The molecular formula is C20H18N2O3S3. The van der Waals surface area contributed by atoms with Gasteiger partial charge in [-0.25, -0.2) is 0 Å². The number of thiophene rings is 1. The van der Waals surface area contributed by atoms with Crippen molar-refractivity contribution in [1.29, 1.82) is 0 Å². The Labute approximate surface area is 176 Å². The van der Waals surface area contributed by atoms with E-state index in [0.29, 0.717) is 33.4 Å². The van der Waals surface area contributed by atoms with Crippen molar-refractivity contribution in [3.05, 3.63) is 57.1 Å². The van der Waals surface area contributed by atoms with Crippen LogP contribution in [-0.4, -0.2) is 33.4 Å². The highest BCUT2D eigenvalue weighted by Crippen LogP contribution is 2.33. The molecule has 1 saturated heterocycles. The maximum absolute atomic E-state index is 12.5. The van der Waals surface area contributed by atoms with E-state index in [1.54, 1.807) is 40.5 Å². The minimum absolute atomic E-state index is 0.0190. The molecule has 2 aromatic rings. The van der Waals surface area contributed by atoms with Gasteiger partial charge in [0.15, 0.2) is 5.78 Å². The molecular weight excluding hydrogens is 412 g/mol. The zero-order chi connectivity index (χ0) is 20.1. The van der Waals surface area contributed by atoms with Crippen molar-refractivity contribution in [3.8, 4) is 0 Å². The Hall–Kier alpha value is -2.29. The van der Waals surface area contributed by atoms with Gasteiger partial charge in [-0.05, 0) is 55.1 Å². The topological polar surface area (TPSA) is 66.5 Å². The van der Waals surface area contributed by atoms with E-state index in [1.165, 1.54) is 18.7 Å². The lowest BCUT2D eigenvalue weighted by Crippen LogP contribution is -2.29. The summed E-state index contributed by atoms with van der Waals surface area (Å²) in [7, 11) is 0. The number of nitrogens with zero attached hydrogens (tertiary/aromatic N) is 1. The molecule has 1 aromatic heterocycles. The second-order valence-corrected chi connectivity index (χ2v) is 8.79. The van der Waals surface area contributed by atoms with Crippen LogP contribution in [0.2, 0.25) is 0 Å². The molecule has 1 aromatic carbocycles. The van der Waals surface area contributed by atoms with Crippen molar-refractivity contribution in [2.45, 2.75) is 19.8 Å². The van der Waals surface area contributed by atoms with Gasteiger partial charge in [0.2, 0.25) is 5.91 Å². The minimum Gasteiger partial charge on any atom is -0.326 e. The number of ketones is 1. The van der Waals surface area contributed by atoms with Gasteiger partial charge in [-0.3, -0.25) is 19.3 Å². The zero-order valence-electron chi connectivity index (χ0n) is 15.1. The number of rotatable bonds is 7. The first-order valence-corrected chi connectivity index (χ1v) is 10.7. The molecule has 2 amide bonds. The van der Waals surface area contributed by atoms with Crippen molar-refractivity contribution in [3.63, 3.8) is 0 Å². The normalized spacial score (nSPS) is 15.3. The Morgan fingerprint density at radius 3 is 2.61 bits per heavy atom. The molecule has 5 nitrogen and oxygen atoms in total. The first-order chi connectivity index (χ1) is 13.4. The fourth-order valence-corrected chi connectivity index (χ4v) is 4.64. The first kappa shape index (κ1) is 20.4. The van der Waals surface area contributed by atoms with Gasteiger partial charge in [-0.1, -0.05) is 30.0 Å². The van der Waals surface area contributed by atoms with Crippen molar-refractivity contribution in [2.75, 3.05) is 11.9 Å². The summed E-state index contributed by atoms with van der Waals surface area (Å²) >= 11 is 8.17. The van der Waals surface area contributed by atoms with E-state index in [9.17, 15) is 14.4 Å². The van der Waals surface area contributed by atoms with Crippen LogP contribution < -0.4 is 5.32 Å². The predicted octanol–water partition coefficient (Wildman–Crippen LogP) is 4.57. The second-order valence-electron chi connectivity index (χ2n) is 6.13. The van der Waals surface area contributed by atoms with Gasteiger partial charge in [0.1, 0.15) is 4.32 Å². The van der Waals surface area contributed by atoms with Crippen molar-refractivity contribution >= 4 is 69.0 Å². The number of Topliss-reactive ketones (excluding diaryl/α,β-unsaturated/α-hetero) is 1. The van der Waals surface area contributed by atoms with Gasteiger partial charge >= 0.3 is 0 Å². The predicted molar refractivity (Wildman–Crippen MR) is 119 cm³/mol. The van der Waals surface area contributed by atoms with Gasteiger partial charge in [-0.15, -0.1) is 11.3 Å². The summed E-state index contributed by atoms with van der Waals surface area (Å²) in [5.74, 6) is -0.270. The monoisotopic (exact) mass is 430 g/mol. The lowest BCUT2D eigenvalue weighted by Gasteiger charge is -2.14. The molecule has 0 spiro atoms. The highest BCUT2D eigenvalue weighted by atomic mass is 32.2. The Bertz CT molecular complexity index is 934. The van der Waals surface area contributed by atoms with Gasteiger partial charge in [-0.2, -0.15) is 0 Å².